The first kappa shape index (κ1) is 18.0. The highest BCUT2D eigenvalue weighted by molar-refractivity contribution is 5.84. The normalized spacial score (nSPS) is 45.9. The Kier molecular flexibility index (Phi) is 4.49. The van der Waals surface area contributed by atoms with E-state index in [0.717, 1.165) is 38.3 Å². The smallest absolute Gasteiger partial charge is 0.227 e. The second kappa shape index (κ2) is 6.75. The highest BCUT2D eigenvalue weighted by Crippen LogP contribution is 2.50. The summed E-state index contributed by atoms with van der Waals surface area (Å²) >= 11 is 0. The van der Waals surface area contributed by atoms with Crippen LogP contribution in [0.15, 0.2) is 0 Å². The molecule has 0 aromatic carbocycles. The van der Waals surface area contributed by atoms with Crippen LogP contribution in [0, 0.1) is 29.1 Å². The maximum absolute atomic E-state index is 13.2. The number of piperidine rings is 3. The Hall–Kier alpha value is -1.10. The molecule has 5 heteroatoms. The van der Waals surface area contributed by atoms with Crippen molar-refractivity contribution < 1.29 is 9.59 Å². The Morgan fingerprint density at radius 1 is 0.926 bits per heavy atom. The van der Waals surface area contributed by atoms with Gasteiger partial charge in [0.1, 0.15) is 0 Å². The van der Waals surface area contributed by atoms with Crippen LogP contribution >= 0.6 is 0 Å². The molecule has 7 fully saturated rings. The second-order valence-corrected chi connectivity index (χ2v) is 10.3. The molecule has 4 saturated heterocycles. The summed E-state index contributed by atoms with van der Waals surface area (Å²) in [6.07, 6.45) is 9.30. The van der Waals surface area contributed by atoms with Gasteiger partial charge in [0.05, 0.1) is 12.0 Å². The molecule has 7 aliphatic rings. The number of nitrogens with zero attached hydrogens (tertiary/aromatic N) is 2. The fourth-order valence-corrected chi connectivity index (χ4v) is 6.73. The van der Waals surface area contributed by atoms with Crippen LogP contribution in [0.25, 0.3) is 0 Å². The van der Waals surface area contributed by atoms with Crippen molar-refractivity contribution in [1.82, 2.24) is 15.1 Å². The molecule has 150 valence electrons. The van der Waals surface area contributed by atoms with Crippen molar-refractivity contribution >= 4 is 11.8 Å². The monoisotopic (exact) mass is 373 g/mol. The Balaban J connectivity index is 1.21. The number of carbonyl (C=O) groups is 2. The average molecular weight is 374 g/mol. The molecule has 0 spiro atoms. The molecule has 1 unspecified atom stereocenters. The lowest BCUT2D eigenvalue weighted by Crippen LogP contribution is -2.54. The highest BCUT2D eigenvalue weighted by atomic mass is 16.2. The molecule has 27 heavy (non-hydrogen) atoms. The molecule has 7 rings (SSSR count). The Morgan fingerprint density at radius 3 is 2.19 bits per heavy atom. The van der Waals surface area contributed by atoms with Gasteiger partial charge < -0.3 is 15.1 Å². The summed E-state index contributed by atoms with van der Waals surface area (Å²) in [6, 6.07) is 0.136. The number of carbonyl (C=O) groups excluding carboxylic acids is 2. The molecule has 4 heterocycles. The van der Waals surface area contributed by atoms with Crippen molar-refractivity contribution in [2.45, 2.75) is 64.3 Å². The molecule has 5 nitrogen and oxygen atoms in total. The van der Waals surface area contributed by atoms with Gasteiger partial charge in [0.2, 0.25) is 11.8 Å². The van der Waals surface area contributed by atoms with E-state index in [1.165, 1.54) is 45.2 Å². The van der Waals surface area contributed by atoms with Gasteiger partial charge in [0.25, 0.3) is 0 Å². The SMILES string of the molecule is C[C@@H]1CN(C(=O)C2CN3CCC2CC3)C[C@H]1NC(=O)C12CCC(CC1)CC2. The first-order chi connectivity index (χ1) is 13.0. The van der Waals surface area contributed by atoms with Gasteiger partial charge in [-0.1, -0.05) is 6.92 Å². The number of rotatable bonds is 3. The molecular weight excluding hydrogens is 338 g/mol. The van der Waals surface area contributed by atoms with Gasteiger partial charge in [-0.15, -0.1) is 0 Å². The second-order valence-electron chi connectivity index (χ2n) is 10.3. The fourth-order valence-electron chi connectivity index (χ4n) is 6.73. The molecule has 3 aliphatic carbocycles. The fraction of sp³-hybridized carbons (Fsp3) is 0.909. The lowest BCUT2D eigenvalue weighted by Gasteiger charge is -2.45. The van der Waals surface area contributed by atoms with Gasteiger partial charge in [-0.3, -0.25) is 9.59 Å². The summed E-state index contributed by atoms with van der Waals surface area (Å²) in [4.78, 5) is 30.8. The lowest BCUT2D eigenvalue weighted by atomic mass is 9.60. The summed E-state index contributed by atoms with van der Waals surface area (Å²) in [5.41, 5.74) is -0.0955. The first-order valence-electron chi connectivity index (χ1n) is 11.4. The zero-order valence-corrected chi connectivity index (χ0v) is 16.8. The van der Waals surface area contributed by atoms with Gasteiger partial charge in [-0.2, -0.15) is 0 Å². The molecule has 1 N–H and O–H groups in total. The lowest BCUT2D eigenvalue weighted by molar-refractivity contribution is -0.142. The van der Waals surface area contributed by atoms with Crippen LogP contribution in [0.3, 0.4) is 0 Å². The van der Waals surface area contributed by atoms with Crippen molar-refractivity contribution in [3.63, 3.8) is 0 Å². The van der Waals surface area contributed by atoms with E-state index < -0.39 is 0 Å². The standard InChI is InChI=1S/C22H35N3O2/c1-15-12-25(20(26)18-13-24-10-5-17(18)6-11-24)14-19(15)23-21(27)22-7-2-16(3-8-22)4-9-22/h15-19H,2-14H2,1H3,(H,23,27)/t15-,16?,18?,19-,22?/m1/s1. The van der Waals surface area contributed by atoms with E-state index in [4.69, 9.17) is 0 Å². The largest absolute Gasteiger partial charge is 0.351 e. The van der Waals surface area contributed by atoms with Crippen molar-refractivity contribution in [3.8, 4) is 0 Å². The molecule has 4 bridgehead atoms. The van der Waals surface area contributed by atoms with Crippen LogP contribution in [0.4, 0.5) is 0 Å². The van der Waals surface area contributed by atoms with Crippen LogP contribution in [-0.4, -0.2) is 60.4 Å². The molecule has 0 aromatic rings. The number of likely N-dealkylation sites (tertiary alicyclic amines) is 1. The van der Waals surface area contributed by atoms with E-state index in [2.05, 4.69) is 22.0 Å². The third kappa shape index (κ3) is 3.10. The molecule has 3 atom stereocenters. The highest BCUT2D eigenvalue weighted by Gasteiger charge is 2.48. The third-order valence-electron chi connectivity index (χ3n) is 8.79. The minimum absolute atomic E-state index is 0.0955. The first-order valence-corrected chi connectivity index (χ1v) is 11.4. The number of fused-ring (bicyclic) bond motifs is 6. The molecule has 4 aliphatic heterocycles. The summed E-state index contributed by atoms with van der Waals surface area (Å²) < 4.78 is 0. The number of hydrogen-bond acceptors (Lipinski definition) is 3. The van der Waals surface area contributed by atoms with Crippen LogP contribution in [0.1, 0.15) is 58.3 Å². The minimum Gasteiger partial charge on any atom is -0.351 e. The topological polar surface area (TPSA) is 52.7 Å². The van der Waals surface area contributed by atoms with Gasteiger partial charge in [0.15, 0.2) is 0 Å². The van der Waals surface area contributed by atoms with E-state index in [0.29, 0.717) is 24.3 Å². The van der Waals surface area contributed by atoms with E-state index in [1.807, 2.05) is 0 Å². The zero-order chi connectivity index (χ0) is 18.6. The van der Waals surface area contributed by atoms with Gasteiger partial charge in [-0.05, 0) is 82.2 Å². The van der Waals surface area contributed by atoms with E-state index in [1.54, 1.807) is 0 Å². The summed E-state index contributed by atoms with van der Waals surface area (Å²) in [6.45, 7) is 7.02. The third-order valence-corrected chi connectivity index (χ3v) is 8.79. The molecule has 2 amide bonds. The maximum Gasteiger partial charge on any atom is 0.227 e. The number of amides is 2. The van der Waals surface area contributed by atoms with Crippen LogP contribution in [0.5, 0.6) is 0 Å². The predicted octanol–water partition coefficient (Wildman–Crippen LogP) is 2.26. The summed E-state index contributed by atoms with van der Waals surface area (Å²) in [5.74, 6) is 2.65. The van der Waals surface area contributed by atoms with E-state index in [-0.39, 0.29) is 23.3 Å². The Bertz CT molecular complexity index is 591. The molecule has 0 aromatic heterocycles. The van der Waals surface area contributed by atoms with Crippen molar-refractivity contribution in [2.75, 3.05) is 32.7 Å². The van der Waals surface area contributed by atoms with Gasteiger partial charge >= 0.3 is 0 Å². The minimum atomic E-state index is -0.0955. The summed E-state index contributed by atoms with van der Waals surface area (Å²) in [5, 5.41) is 3.39. The Morgan fingerprint density at radius 2 is 1.59 bits per heavy atom. The van der Waals surface area contributed by atoms with Crippen LogP contribution in [0.2, 0.25) is 0 Å². The average Bonchev–Trinajstić information content (AvgIpc) is 3.10. The summed E-state index contributed by atoms with van der Waals surface area (Å²) in [7, 11) is 0. The molecular formula is C22H35N3O2. The molecule has 0 radical (unpaired) electrons. The van der Waals surface area contributed by atoms with Gasteiger partial charge in [0, 0.05) is 25.0 Å². The molecule has 3 saturated carbocycles. The quantitative estimate of drug-likeness (QED) is 0.826. The van der Waals surface area contributed by atoms with Crippen molar-refractivity contribution in [3.05, 3.63) is 0 Å². The van der Waals surface area contributed by atoms with E-state index in [9.17, 15) is 9.59 Å². The number of hydrogen-bond donors (Lipinski definition) is 1. The van der Waals surface area contributed by atoms with Crippen molar-refractivity contribution in [1.29, 1.82) is 0 Å². The zero-order valence-electron chi connectivity index (χ0n) is 16.8. The van der Waals surface area contributed by atoms with Gasteiger partial charge in [-0.25, -0.2) is 0 Å². The predicted molar refractivity (Wildman–Crippen MR) is 104 cm³/mol. The maximum atomic E-state index is 13.2. The Labute approximate surface area is 163 Å². The van der Waals surface area contributed by atoms with Crippen LogP contribution in [-0.2, 0) is 9.59 Å². The number of nitrogens with one attached hydrogen (secondary N) is 1. The van der Waals surface area contributed by atoms with Crippen molar-refractivity contribution in [2.24, 2.45) is 29.1 Å². The van der Waals surface area contributed by atoms with Crippen LogP contribution < -0.4 is 5.32 Å². The van der Waals surface area contributed by atoms with E-state index >= 15 is 0 Å².